The van der Waals surface area contributed by atoms with Gasteiger partial charge in [0.2, 0.25) is 0 Å². The van der Waals surface area contributed by atoms with Crippen molar-refractivity contribution >= 4 is 16.9 Å². The molecule has 124 valence electrons. The van der Waals surface area contributed by atoms with E-state index in [-0.39, 0.29) is 5.91 Å². The molecule has 0 unspecified atom stereocenters. The fraction of sp³-hybridized carbons (Fsp3) is 0.389. The molecule has 1 amide bonds. The molecular weight excluding hydrogens is 304 g/mol. The number of aryl methyl sites for hydroxylation is 1. The summed E-state index contributed by atoms with van der Waals surface area (Å²) in [6.07, 6.45) is 3.91. The summed E-state index contributed by atoms with van der Waals surface area (Å²) in [4.78, 5) is 18.7. The van der Waals surface area contributed by atoms with E-state index in [9.17, 15) is 4.79 Å². The third-order valence-electron chi connectivity index (χ3n) is 4.73. The summed E-state index contributed by atoms with van der Waals surface area (Å²) < 4.78 is 7.22. The van der Waals surface area contributed by atoms with E-state index in [1.165, 1.54) is 5.52 Å². The molecule has 3 heterocycles. The zero-order valence-corrected chi connectivity index (χ0v) is 13.7. The Morgan fingerprint density at radius 1 is 1.29 bits per heavy atom. The Bertz CT molecular complexity index is 859. The van der Waals surface area contributed by atoms with Crippen LogP contribution in [0.25, 0.3) is 11.0 Å². The summed E-state index contributed by atoms with van der Waals surface area (Å²) in [6.45, 7) is 4.28. The predicted octanol–water partition coefficient (Wildman–Crippen LogP) is 2.89. The highest BCUT2D eigenvalue weighted by atomic mass is 16.5. The van der Waals surface area contributed by atoms with E-state index in [1.54, 1.807) is 13.0 Å². The molecule has 0 atom stereocenters. The Morgan fingerprint density at radius 3 is 2.83 bits per heavy atom. The first-order chi connectivity index (χ1) is 11.7. The molecule has 3 aromatic rings. The summed E-state index contributed by atoms with van der Waals surface area (Å²) in [5.74, 6) is 1.20. The van der Waals surface area contributed by atoms with Crippen LogP contribution in [0.15, 0.2) is 41.2 Å². The predicted molar refractivity (Wildman–Crippen MR) is 89.6 cm³/mol. The summed E-state index contributed by atoms with van der Waals surface area (Å²) in [6, 6.07) is 9.89. The molecule has 1 aliphatic heterocycles. The van der Waals surface area contributed by atoms with Gasteiger partial charge in [-0.25, -0.2) is 4.98 Å². The van der Waals surface area contributed by atoms with Crippen molar-refractivity contribution in [2.75, 3.05) is 13.1 Å². The number of carbonyl (C=O) groups excluding carboxylic acids is 1. The first kappa shape index (κ1) is 14.9. The molecule has 0 aliphatic carbocycles. The van der Waals surface area contributed by atoms with Gasteiger partial charge in [0.05, 0.1) is 17.4 Å². The number of benzene rings is 1. The Labute approximate surface area is 140 Å². The molecule has 24 heavy (non-hydrogen) atoms. The third-order valence-corrected chi connectivity index (χ3v) is 4.73. The van der Waals surface area contributed by atoms with Crippen molar-refractivity contribution in [3.8, 4) is 0 Å². The van der Waals surface area contributed by atoms with E-state index in [4.69, 9.17) is 4.52 Å². The standard InChI is InChI=1S/C18H20N4O2/c1-13-10-16(20-24-13)18(23)21-8-6-14(7-9-21)11-22-12-19-15-4-2-3-5-17(15)22/h2-5,10,12,14H,6-9,11H2,1H3. The largest absolute Gasteiger partial charge is 0.361 e. The highest BCUT2D eigenvalue weighted by Gasteiger charge is 2.25. The molecule has 0 saturated carbocycles. The van der Waals surface area contributed by atoms with Crippen molar-refractivity contribution in [1.29, 1.82) is 0 Å². The second-order valence-electron chi connectivity index (χ2n) is 6.44. The number of likely N-dealkylation sites (tertiary alicyclic amines) is 1. The molecule has 0 spiro atoms. The van der Waals surface area contributed by atoms with Crippen LogP contribution in [-0.4, -0.2) is 38.6 Å². The van der Waals surface area contributed by atoms with Crippen LogP contribution in [-0.2, 0) is 6.54 Å². The van der Waals surface area contributed by atoms with Crippen molar-refractivity contribution in [2.45, 2.75) is 26.3 Å². The summed E-state index contributed by atoms with van der Waals surface area (Å²) in [7, 11) is 0. The van der Waals surface area contributed by atoms with Gasteiger partial charge in [0.15, 0.2) is 5.69 Å². The number of carbonyl (C=O) groups is 1. The van der Waals surface area contributed by atoms with E-state index in [0.29, 0.717) is 17.4 Å². The monoisotopic (exact) mass is 324 g/mol. The number of nitrogens with zero attached hydrogens (tertiary/aromatic N) is 4. The summed E-state index contributed by atoms with van der Waals surface area (Å²) in [5, 5.41) is 3.83. The number of amides is 1. The maximum absolute atomic E-state index is 12.4. The number of fused-ring (bicyclic) bond motifs is 1. The number of hydrogen-bond acceptors (Lipinski definition) is 4. The van der Waals surface area contributed by atoms with Crippen molar-refractivity contribution < 1.29 is 9.32 Å². The van der Waals surface area contributed by atoms with Crippen LogP contribution in [0.4, 0.5) is 0 Å². The van der Waals surface area contributed by atoms with E-state index in [0.717, 1.165) is 38.0 Å². The topological polar surface area (TPSA) is 64.2 Å². The zero-order valence-electron chi connectivity index (χ0n) is 13.7. The fourth-order valence-corrected chi connectivity index (χ4v) is 3.38. The van der Waals surface area contributed by atoms with Crippen molar-refractivity contribution in [2.24, 2.45) is 5.92 Å². The van der Waals surface area contributed by atoms with Gasteiger partial charge in [-0.1, -0.05) is 17.3 Å². The second kappa shape index (κ2) is 6.11. The molecule has 0 radical (unpaired) electrons. The van der Waals surface area contributed by atoms with Crippen molar-refractivity contribution in [1.82, 2.24) is 19.6 Å². The van der Waals surface area contributed by atoms with Gasteiger partial charge in [0, 0.05) is 25.7 Å². The van der Waals surface area contributed by atoms with E-state index in [1.807, 2.05) is 29.4 Å². The zero-order chi connectivity index (χ0) is 16.5. The van der Waals surface area contributed by atoms with Gasteiger partial charge in [-0.2, -0.15) is 0 Å². The van der Waals surface area contributed by atoms with Gasteiger partial charge in [0.25, 0.3) is 5.91 Å². The van der Waals surface area contributed by atoms with E-state index < -0.39 is 0 Å². The smallest absolute Gasteiger partial charge is 0.276 e. The highest BCUT2D eigenvalue weighted by molar-refractivity contribution is 5.92. The van der Waals surface area contributed by atoms with Gasteiger partial charge in [0.1, 0.15) is 5.76 Å². The van der Waals surface area contributed by atoms with Crippen LogP contribution in [0.5, 0.6) is 0 Å². The average molecular weight is 324 g/mol. The molecular formula is C18H20N4O2. The maximum Gasteiger partial charge on any atom is 0.276 e. The highest BCUT2D eigenvalue weighted by Crippen LogP contribution is 2.22. The van der Waals surface area contributed by atoms with Crippen LogP contribution in [0, 0.1) is 12.8 Å². The number of piperidine rings is 1. The Hall–Kier alpha value is -2.63. The fourth-order valence-electron chi connectivity index (χ4n) is 3.38. The quantitative estimate of drug-likeness (QED) is 0.743. The molecule has 4 rings (SSSR count). The number of rotatable bonds is 3. The lowest BCUT2D eigenvalue weighted by Crippen LogP contribution is -2.39. The Morgan fingerprint density at radius 2 is 2.08 bits per heavy atom. The van der Waals surface area contributed by atoms with Crippen LogP contribution in [0.2, 0.25) is 0 Å². The summed E-state index contributed by atoms with van der Waals surface area (Å²) >= 11 is 0. The minimum Gasteiger partial charge on any atom is -0.361 e. The van der Waals surface area contributed by atoms with Crippen molar-refractivity contribution in [3.05, 3.63) is 48.1 Å². The molecule has 1 aliphatic rings. The molecule has 0 N–H and O–H groups in total. The average Bonchev–Trinajstić information content (AvgIpc) is 3.22. The first-order valence-corrected chi connectivity index (χ1v) is 8.33. The molecule has 6 nitrogen and oxygen atoms in total. The lowest BCUT2D eigenvalue weighted by molar-refractivity contribution is 0.0673. The third kappa shape index (κ3) is 2.79. The SMILES string of the molecule is Cc1cc(C(=O)N2CCC(Cn3cnc4ccccc43)CC2)no1. The maximum atomic E-state index is 12.4. The van der Waals surface area contributed by atoms with Gasteiger partial charge in [-0.3, -0.25) is 4.79 Å². The van der Waals surface area contributed by atoms with E-state index >= 15 is 0 Å². The minimum atomic E-state index is -0.0293. The molecule has 1 aromatic carbocycles. The number of imidazole rings is 1. The Kier molecular flexibility index (Phi) is 3.80. The van der Waals surface area contributed by atoms with Crippen LogP contribution >= 0.6 is 0 Å². The normalized spacial score (nSPS) is 16.0. The minimum absolute atomic E-state index is 0.0293. The molecule has 1 saturated heterocycles. The van der Waals surface area contributed by atoms with Crippen LogP contribution < -0.4 is 0 Å². The van der Waals surface area contributed by atoms with Gasteiger partial charge in [-0.15, -0.1) is 0 Å². The number of aromatic nitrogens is 3. The van der Waals surface area contributed by atoms with Gasteiger partial charge in [-0.05, 0) is 37.8 Å². The number of hydrogen-bond donors (Lipinski definition) is 0. The van der Waals surface area contributed by atoms with Crippen LogP contribution in [0.1, 0.15) is 29.1 Å². The van der Waals surface area contributed by atoms with Gasteiger partial charge < -0.3 is 14.0 Å². The number of para-hydroxylation sites is 2. The molecule has 6 heteroatoms. The second-order valence-corrected chi connectivity index (χ2v) is 6.44. The van der Waals surface area contributed by atoms with Crippen LogP contribution in [0.3, 0.4) is 0 Å². The summed E-state index contributed by atoms with van der Waals surface area (Å²) in [5.41, 5.74) is 2.62. The lowest BCUT2D eigenvalue weighted by Gasteiger charge is -2.31. The Balaban J connectivity index is 1.38. The molecule has 2 aromatic heterocycles. The van der Waals surface area contributed by atoms with Gasteiger partial charge >= 0.3 is 0 Å². The molecule has 0 bridgehead atoms. The lowest BCUT2D eigenvalue weighted by atomic mass is 9.96. The first-order valence-electron chi connectivity index (χ1n) is 8.33. The van der Waals surface area contributed by atoms with Crippen molar-refractivity contribution in [3.63, 3.8) is 0 Å². The van der Waals surface area contributed by atoms with E-state index in [2.05, 4.69) is 20.8 Å². The molecule has 1 fully saturated rings.